The maximum atomic E-state index is 5.75. The maximum absolute atomic E-state index is 5.75. The molecule has 2 aromatic rings. The molecule has 1 fully saturated rings. The van der Waals surface area contributed by atoms with Crippen molar-refractivity contribution in [3.8, 4) is 0 Å². The summed E-state index contributed by atoms with van der Waals surface area (Å²) in [5, 5.41) is 0. The Morgan fingerprint density at radius 3 is 2.63 bits per heavy atom. The monoisotopic (exact) mass is 278 g/mol. The third kappa shape index (κ3) is 2.59. The Morgan fingerprint density at radius 2 is 1.89 bits per heavy atom. The Balaban J connectivity index is 1.89. The van der Waals surface area contributed by atoms with E-state index in [-0.39, 0.29) is 12.2 Å². The van der Waals surface area contributed by atoms with Gasteiger partial charge in [-0.3, -0.25) is 9.47 Å². The van der Waals surface area contributed by atoms with Gasteiger partial charge in [0.2, 0.25) is 0 Å². The molecule has 2 heterocycles. The second kappa shape index (κ2) is 5.07. The van der Waals surface area contributed by atoms with Gasteiger partial charge in [-0.1, -0.05) is 12.1 Å². The highest BCUT2D eigenvalue weighted by molar-refractivity contribution is 7.71. The number of ether oxygens (including phenoxy) is 1. The molecule has 0 amide bonds. The highest BCUT2D eigenvalue weighted by Gasteiger charge is 2.23. The van der Waals surface area contributed by atoms with E-state index >= 15 is 0 Å². The van der Waals surface area contributed by atoms with Gasteiger partial charge < -0.3 is 9.15 Å². The van der Waals surface area contributed by atoms with Crippen LogP contribution in [0.15, 0.2) is 28.7 Å². The summed E-state index contributed by atoms with van der Waals surface area (Å²) in [4.78, 5) is 2.89. The van der Waals surface area contributed by atoms with Gasteiger partial charge in [0.15, 0.2) is 5.58 Å². The molecule has 0 N–H and O–H groups in total. The molecule has 0 spiro atoms. The summed E-state index contributed by atoms with van der Waals surface area (Å²) in [6.45, 7) is 6.82. The predicted octanol–water partition coefficient (Wildman–Crippen LogP) is 3.03. The summed E-state index contributed by atoms with van der Waals surface area (Å²) < 4.78 is 13.4. The minimum atomic E-state index is 0.260. The lowest BCUT2D eigenvalue weighted by Crippen LogP contribution is -2.45. The van der Waals surface area contributed by atoms with Crippen LogP contribution in [0, 0.1) is 4.84 Å². The zero-order valence-corrected chi connectivity index (χ0v) is 12.0. The molecule has 1 aliphatic heterocycles. The molecule has 0 saturated carbocycles. The van der Waals surface area contributed by atoms with Crippen molar-refractivity contribution in [1.82, 2.24) is 9.47 Å². The SMILES string of the molecule is C[C@H]1CN(Cn2c(=S)oc3ccccc32)C[C@H](C)O1. The van der Waals surface area contributed by atoms with Crippen molar-refractivity contribution in [3.63, 3.8) is 0 Å². The van der Waals surface area contributed by atoms with Gasteiger partial charge in [-0.15, -0.1) is 0 Å². The van der Waals surface area contributed by atoms with Crippen molar-refractivity contribution in [1.29, 1.82) is 0 Å². The third-order valence-electron chi connectivity index (χ3n) is 3.41. The van der Waals surface area contributed by atoms with Crippen molar-refractivity contribution >= 4 is 23.3 Å². The van der Waals surface area contributed by atoms with E-state index in [0.717, 1.165) is 30.9 Å². The van der Waals surface area contributed by atoms with E-state index in [1.165, 1.54) is 0 Å². The molecule has 0 radical (unpaired) electrons. The minimum absolute atomic E-state index is 0.260. The van der Waals surface area contributed by atoms with E-state index in [1.807, 2.05) is 24.3 Å². The fourth-order valence-corrected chi connectivity index (χ4v) is 2.99. The summed E-state index contributed by atoms with van der Waals surface area (Å²) >= 11 is 5.32. The maximum Gasteiger partial charge on any atom is 0.270 e. The van der Waals surface area contributed by atoms with Crippen molar-refractivity contribution in [2.45, 2.75) is 32.7 Å². The second-order valence-electron chi connectivity index (χ2n) is 5.20. The van der Waals surface area contributed by atoms with Gasteiger partial charge >= 0.3 is 0 Å². The second-order valence-corrected chi connectivity index (χ2v) is 5.55. The van der Waals surface area contributed by atoms with Gasteiger partial charge in [0, 0.05) is 13.1 Å². The molecular weight excluding hydrogens is 260 g/mol. The Bertz CT molecular complexity index is 624. The lowest BCUT2D eigenvalue weighted by atomic mass is 10.2. The third-order valence-corrected chi connectivity index (χ3v) is 3.71. The van der Waals surface area contributed by atoms with E-state index in [2.05, 4.69) is 23.3 Å². The normalized spacial score (nSPS) is 24.9. The van der Waals surface area contributed by atoms with Crippen molar-refractivity contribution < 1.29 is 9.15 Å². The van der Waals surface area contributed by atoms with Gasteiger partial charge in [-0.05, 0) is 38.2 Å². The first-order valence-electron chi connectivity index (χ1n) is 6.59. The van der Waals surface area contributed by atoms with E-state index in [0.29, 0.717) is 4.84 Å². The van der Waals surface area contributed by atoms with Crippen molar-refractivity contribution in [2.75, 3.05) is 13.1 Å². The number of para-hydroxylation sites is 2. The molecule has 0 unspecified atom stereocenters. The van der Waals surface area contributed by atoms with Crippen molar-refractivity contribution in [2.24, 2.45) is 0 Å². The average molecular weight is 278 g/mol. The summed E-state index contributed by atoms with van der Waals surface area (Å²) in [5.41, 5.74) is 1.90. The molecule has 2 atom stereocenters. The molecule has 1 saturated heterocycles. The molecular formula is C14H18N2O2S. The molecule has 4 nitrogen and oxygen atoms in total. The Labute approximate surface area is 117 Å². The summed E-state index contributed by atoms with van der Waals surface area (Å²) in [5.74, 6) is 0. The van der Waals surface area contributed by atoms with Crippen LogP contribution < -0.4 is 0 Å². The number of hydrogen-bond acceptors (Lipinski definition) is 4. The molecule has 19 heavy (non-hydrogen) atoms. The van der Waals surface area contributed by atoms with Gasteiger partial charge in [0.1, 0.15) is 0 Å². The van der Waals surface area contributed by atoms with E-state index in [9.17, 15) is 0 Å². The van der Waals surface area contributed by atoms with Crippen LogP contribution in [0.1, 0.15) is 13.8 Å². The van der Waals surface area contributed by atoms with Crippen molar-refractivity contribution in [3.05, 3.63) is 29.1 Å². The van der Waals surface area contributed by atoms with Gasteiger partial charge in [-0.2, -0.15) is 0 Å². The Hall–Kier alpha value is -1.17. The highest BCUT2D eigenvalue weighted by Crippen LogP contribution is 2.19. The molecule has 102 valence electrons. The molecule has 0 bridgehead atoms. The fourth-order valence-electron chi connectivity index (χ4n) is 2.75. The smallest absolute Gasteiger partial charge is 0.270 e. The average Bonchev–Trinajstić information content (AvgIpc) is 2.65. The summed E-state index contributed by atoms with van der Waals surface area (Å²) in [6.07, 6.45) is 0.521. The van der Waals surface area contributed by atoms with Crippen LogP contribution >= 0.6 is 12.2 Å². The minimum Gasteiger partial charge on any atom is -0.429 e. The standard InChI is InChI=1S/C14H18N2O2S/c1-10-7-15(8-11(2)17-10)9-16-12-5-3-4-6-13(12)18-14(16)19/h3-6,10-11H,7-9H2,1-2H3/t10-,11-/m0/s1. The Morgan fingerprint density at radius 1 is 1.21 bits per heavy atom. The van der Waals surface area contributed by atoms with E-state index < -0.39 is 0 Å². The van der Waals surface area contributed by atoms with Gasteiger partial charge in [0.05, 0.1) is 24.4 Å². The number of nitrogens with zero attached hydrogens (tertiary/aromatic N) is 2. The topological polar surface area (TPSA) is 30.5 Å². The number of aromatic nitrogens is 1. The van der Waals surface area contributed by atoms with E-state index in [1.54, 1.807) is 0 Å². The summed E-state index contributed by atoms with van der Waals surface area (Å²) in [6, 6.07) is 7.96. The van der Waals surface area contributed by atoms with Crippen LogP contribution in [0.5, 0.6) is 0 Å². The molecule has 1 aliphatic rings. The number of oxazole rings is 1. The molecule has 5 heteroatoms. The van der Waals surface area contributed by atoms with Crippen LogP contribution in [0.4, 0.5) is 0 Å². The van der Waals surface area contributed by atoms with Crippen LogP contribution in [0.2, 0.25) is 0 Å². The highest BCUT2D eigenvalue weighted by atomic mass is 32.1. The molecule has 0 aliphatic carbocycles. The predicted molar refractivity (Wildman–Crippen MR) is 76.6 cm³/mol. The van der Waals surface area contributed by atoms with Crippen LogP contribution in [0.3, 0.4) is 0 Å². The van der Waals surface area contributed by atoms with Crippen LogP contribution in [-0.4, -0.2) is 34.8 Å². The van der Waals surface area contributed by atoms with Crippen LogP contribution in [0.25, 0.3) is 11.1 Å². The van der Waals surface area contributed by atoms with Gasteiger partial charge in [0.25, 0.3) is 4.84 Å². The first-order chi connectivity index (χ1) is 9.13. The quantitative estimate of drug-likeness (QED) is 0.790. The largest absolute Gasteiger partial charge is 0.429 e. The lowest BCUT2D eigenvalue weighted by molar-refractivity contribution is -0.0764. The number of morpholine rings is 1. The molecule has 1 aromatic heterocycles. The molecule has 1 aromatic carbocycles. The zero-order valence-electron chi connectivity index (χ0n) is 11.2. The summed E-state index contributed by atoms with van der Waals surface area (Å²) in [7, 11) is 0. The first kappa shape index (κ1) is 12.8. The van der Waals surface area contributed by atoms with Gasteiger partial charge in [-0.25, -0.2) is 0 Å². The van der Waals surface area contributed by atoms with Crippen LogP contribution in [-0.2, 0) is 11.4 Å². The first-order valence-corrected chi connectivity index (χ1v) is 7.00. The lowest BCUT2D eigenvalue weighted by Gasteiger charge is -2.35. The number of benzene rings is 1. The number of hydrogen-bond donors (Lipinski definition) is 0. The number of rotatable bonds is 2. The fraction of sp³-hybridized carbons (Fsp3) is 0.500. The van der Waals surface area contributed by atoms with E-state index in [4.69, 9.17) is 21.4 Å². The number of fused-ring (bicyclic) bond motifs is 1. The Kier molecular flexibility index (Phi) is 3.43. The zero-order chi connectivity index (χ0) is 13.4. The molecule has 3 rings (SSSR count).